The molecule has 2 aromatic carbocycles. The summed E-state index contributed by atoms with van der Waals surface area (Å²) < 4.78 is 34.5. The van der Waals surface area contributed by atoms with Crippen molar-refractivity contribution in [1.29, 1.82) is 0 Å². The van der Waals surface area contributed by atoms with Crippen LogP contribution in [0.3, 0.4) is 0 Å². The smallest absolute Gasteiger partial charge is 0.340 e. The van der Waals surface area contributed by atoms with Crippen molar-refractivity contribution in [2.75, 3.05) is 13.2 Å². The van der Waals surface area contributed by atoms with Crippen molar-refractivity contribution >= 4 is 33.4 Å². The van der Waals surface area contributed by atoms with Gasteiger partial charge < -0.3 is 9.30 Å². The molecule has 4 rings (SSSR count). The molecule has 3 aromatic rings. The van der Waals surface area contributed by atoms with E-state index in [4.69, 9.17) is 16.3 Å². The maximum atomic E-state index is 13.2. The fourth-order valence-corrected chi connectivity index (χ4v) is 5.32. The molecule has 0 bridgehead atoms. The Balaban J connectivity index is 1.52. The van der Waals surface area contributed by atoms with E-state index >= 15 is 0 Å². The minimum atomic E-state index is -3.85. The number of Topliss-reactive ketones (excluding diaryl/α,β-unsaturated/α-hetero) is 1. The van der Waals surface area contributed by atoms with Gasteiger partial charge in [0.25, 0.3) is 0 Å². The summed E-state index contributed by atoms with van der Waals surface area (Å²) in [6, 6.07) is 15.0. The SMILES string of the molecule is Cn1cccc1C(=O)COC(=O)c1cc(S(=O)(=O)N2CCc3ccccc3C2)ccc1Cl. The van der Waals surface area contributed by atoms with Gasteiger partial charge in [0.2, 0.25) is 15.8 Å². The Labute approximate surface area is 191 Å². The summed E-state index contributed by atoms with van der Waals surface area (Å²) in [4.78, 5) is 24.8. The van der Waals surface area contributed by atoms with Crippen LogP contribution >= 0.6 is 11.6 Å². The van der Waals surface area contributed by atoms with Crippen molar-refractivity contribution in [3.63, 3.8) is 0 Å². The number of esters is 1. The summed E-state index contributed by atoms with van der Waals surface area (Å²) in [6.45, 7) is 0.117. The Morgan fingerprint density at radius 2 is 1.81 bits per heavy atom. The van der Waals surface area contributed by atoms with Gasteiger partial charge in [-0.2, -0.15) is 4.31 Å². The molecule has 1 aromatic heterocycles. The number of aryl methyl sites for hydroxylation is 1. The van der Waals surface area contributed by atoms with Gasteiger partial charge in [0.15, 0.2) is 6.61 Å². The second-order valence-corrected chi connectivity index (χ2v) is 9.85. The van der Waals surface area contributed by atoms with E-state index in [-0.39, 0.29) is 27.8 Å². The maximum absolute atomic E-state index is 13.2. The predicted molar refractivity (Wildman–Crippen MR) is 119 cm³/mol. The zero-order valence-electron chi connectivity index (χ0n) is 17.3. The van der Waals surface area contributed by atoms with Gasteiger partial charge in [-0.3, -0.25) is 4.79 Å². The van der Waals surface area contributed by atoms with Crippen LogP contribution in [0.5, 0.6) is 0 Å². The number of halogens is 1. The Morgan fingerprint density at radius 3 is 2.53 bits per heavy atom. The lowest BCUT2D eigenvalue weighted by Crippen LogP contribution is -2.36. The largest absolute Gasteiger partial charge is 0.454 e. The highest BCUT2D eigenvalue weighted by Crippen LogP contribution is 2.27. The number of hydrogen-bond donors (Lipinski definition) is 0. The first-order chi connectivity index (χ1) is 15.3. The van der Waals surface area contributed by atoms with Crippen LogP contribution in [0.25, 0.3) is 0 Å². The number of nitrogens with zero attached hydrogens (tertiary/aromatic N) is 2. The third kappa shape index (κ3) is 4.34. The molecule has 1 aliphatic rings. The number of fused-ring (bicyclic) bond motifs is 1. The Bertz CT molecular complexity index is 1300. The summed E-state index contributed by atoms with van der Waals surface area (Å²) in [5, 5.41) is 0.0456. The lowest BCUT2D eigenvalue weighted by Gasteiger charge is -2.28. The number of ether oxygens (including phenoxy) is 1. The summed E-state index contributed by atoms with van der Waals surface area (Å²) in [7, 11) is -2.15. The second-order valence-electron chi connectivity index (χ2n) is 7.50. The average Bonchev–Trinajstić information content (AvgIpc) is 3.23. The molecular formula is C23H21ClN2O5S. The summed E-state index contributed by atoms with van der Waals surface area (Å²) in [6.07, 6.45) is 2.32. The van der Waals surface area contributed by atoms with Gasteiger partial charge in [0.05, 0.1) is 21.2 Å². The molecule has 166 valence electrons. The van der Waals surface area contributed by atoms with Gasteiger partial charge in [-0.05, 0) is 47.9 Å². The molecular weight excluding hydrogens is 452 g/mol. The first-order valence-electron chi connectivity index (χ1n) is 9.95. The molecule has 0 N–H and O–H groups in total. The third-order valence-electron chi connectivity index (χ3n) is 5.45. The van der Waals surface area contributed by atoms with E-state index in [2.05, 4.69) is 0 Å². The number of carbonyl (C=O) groups excluding carboxylic acids is 2. The van der Waals surface area contributed by atoms with E-state index in [1.165, 1.54) is 22.5 Å². The minimum absolute atomic E-state index is 0.0456. The van der Waals surface area contributed by atoms with Crippen LogP contribution in [0, 0.1) is 0 Å². The topological polar surface area (TPSA) is 85.7 Å². The predicted octanol–water partition coefficient (Wildman–Crippen LogP) is 3.47. The number of carbonyl (C=O) groups is 2. The fourth-order valence-electron chi connectivity index (χ4n) is 3.68. The van der Waals surface area contributed by atoms with Crippen molar-refractivity contribution in [2.45, 2.75) is 17.9 Å². The summed E-state index contributed by atoms with van der Waals surface area (Å²) in [5.41, 5.74) is 2.37. The van der Waals surface area contributed by atoms with Crippen molar-refractivity contribution in [3.8, 4) is 0 Å². The highest BCUT2D eigenvalue weighted by molar-refractivity contribution is 7.89. The van der Waals surface area contributed by atoms with Crippen molar-refractivity contribution in [2.24, 2.45) is 7.05 Å². The molecule has 0 spiro atoms. The van der Waals surface area contributed by atoms with Gasteiger partial charge in [-0.25, -0.2) is 13.2 Å². The van der Waals surface area contributed by atoms with Crippen molar-refractivity contribution < 1.29 is 22.7 Å². The first kappa shape index (κ1) is 22.3. The van der Waals surface area contributed by atoms with Crippen LogP contribution in [0.1, 0.15) is 32.0 Å². The van der Waals surface area contributed by atoms with Crippen LogP contribution in [0.2, 0.25) is 5.02 Å². The number of rotatable bonds is 6. The molecule has 0 radical (unpaired) electrons. The van der Waals surface area contributed by atoms with Gasteiger partial charge in [-0.15, -0.1) is 0 Å². The van der Waals surface area contributed by atoms with Gasteiger partial charge in [0, 0.05) is 26.3 Å². The van der Waals surface area contributed by atoms with Crippen LogP contribution in [-0.4, -0.2) is 42.2 Å². The number of ketones is 1. The summed E-state index contributed by atoms with van der Waals surface area (Å²) >= 11 is 6.14. The lowest BCUT2D eigenvalue weighted by molar-refractivity contribution is 0.0472. The monoisotopic (exact) mass is 472 g/mol. The number of hydrogen-bond acceptors (Lipinski definition) is 5. The van der Waals surface area contributed by atoms with Crippen molar-refractivity contribution in [3.05, 3.63) is 88.2 Å². The minimum Gasteiger partial charge on any atom is -0.454 e. The van der Waals surface area contributed by atoms with Crippen molar-refractivity contribution in [1.82, 2.24) is 8.87 Å². The van der Waals surface area contributed by atoms with E-state index in [9.17, 15) is 18.0 Å². The van der Waals surface area contributed by atoms with E-state index < -0.39 is 22.6 Å². The van der Waals surface area contributed by atoms with Gasteiger partial charge in [0.1, 0.15) is 0 Å². The number of benzene rings is 2. The van der Waals surface area contributed by atoms with E-state index in [0.717, 1.165) is 11.1 Å². The van der Waals surface area contributed by atoms with Crippen LogP contribution < -0.4 is 0 Å². The quantitative estimate of drug-likeness (QED) is 0.405. The Kier molecular flexibility index (Phi) is 6.19. The first-order valence-corrected chi connectivity index (χ1v) is 11.8. The van der Waals surface area contributed by atoms with E-state index in [0.29, 0.717) is 18.7 Å². The van der Waals surface area contributed by atoms with Crippen LogP contribution in [0.4, 0.5) is 0 Å². The van der Waals surface area contributed by atoms with E-state index in [1.54, 1.807) is 29.9 Å². The number of aromatic nitrogens is 1. The molecule has 1 aliphatic heterocycles. The molecule has 0 fully saturated rings. The highest BCUT2D eigenvalue weighted by atomic mass is 35.5. The molecule has 0 aliphatic carbocycles. The Morgan fingerprint density at radius 1 is 1.06 bits per heavy atom. The van der Waals surface area contributed by atoms with Crippen LogP contribution in [-0.2, 0) is 34.8 Å². The molecule has 0 saturated carbocycles. The zero-order chi connectivity index (χ0) is 22.9. The molecule has 7 nitrogen and oxygen atoms in total. The second kappa shape index (κ2) is 8.90. The highest BCUT2D eigenvalue weighted by Gasteiger charge is 2.29. The molecule has 0 unspecified atom stereocenters. The maximum Gasteiger partial charge on any atom is 0.340 e. The van der Waals surface area contributed by atoms with Gasteiger partial charge >= 0.3 is 5.97 Å². The van der Waals surface area contributed by atoms with Crippen LogP contribution in [0.15, 0.2) is 65.7 Å². The molecule has 32 heavy (non-hydrogen) atoms. The zero-order valence-corrected chi connectivity index (χ0v) is 18.9. The molecule has 2 heterocycles. The third-order valence-corrected chi connectivity index (χ3v) is 7.63. The standard InChI is InChI=1S/C23H21ClN2O5S/c1-25-11-4-7-21(25)22(27)15-31-23(28)19-13-18(8-9-20(19)24)32(29,30)26-12-10-16-5-2-3-6-17(16)14-26/h2-9,11,13H,10,12,14-15H2,1H3. The van der Waals surface area contributed by atoms with Gasteiger partial charge in [-0.1, -0.05) is 35.9 Å². The normalized spacial score (nSPS) is 14.1. The van der Waals surface area contributed by atoms with E-state index in [1.807, 2.05) is 24.3 Å². The number of sulfonamides is 1. The lowest BCUT2D eigenvalue weighted by atomic mass is 10.0. The molecule has 0 amide bonds. The average molecular weight is 473 g/mol. The summed E-state index contributed by atoms with van der Waals surface area (Å²) in [5.74, 6) is -1.24. The molecule has 0 saturated heterocycles. The molecule has 0 atom stereocenters. The Hall–Kier alpha value is -2.94. The molecule has 9 heteroatoms. The fraction of sp³-hybridized carbons (Fsp3) is 0.217.